The molecule has 0 radical (unpaired) electrons. The van der Waals surface area contributed by atoms with E-state index in [9.17, 15) is 0 Å². The minimum atomic E-state index is 0.833. The van der Waals surface area contributed by atoms with Gasteiger partial charge in [-0.3, -0.25) is 4.98 Å². The van der Waals surface area contributed by atoms with Crippen molar-refractivity contribution >= 4 is 11.0 Å². The molecule has 2 aromatic carbocycles. The fourth-order valence-corrected chi connectivity index (χ4v) is 2.86. The number of rotatable bonds is 2. The fraction of sp³-hybridized carbons (Fsp3) is 0.0870. The first-order valence-corrected chi connectivity index (χ1v) is 8.62. The molecule has 2 aromatic heterocycles. The molecule has 2 heterocycles. The topological polar surface area (TPSA) is 38.7 Å². The molecule has 0 atom stereocenters. The zero-order valence-electron chi connectivity index (χ0n) is 14.5. The monoisotopic (exact) mass is 335 g/mol. The molecule has 0 aliphatic carbocycles. The van der Waals surface area contributed by atoms with E-state index < -0.39 is 0 Å². The van der Waals surface area contributed by atoms with E-state index in [0.717, 1.165) is 45.5 Å². The lowest BCUT2D eigenvalue weighted by Gasteiger charge is -2.09. The average molecular weight is 335 g/mol. The first-order valence-electron chi connectivity index (χ1n) is 8.62. The summed E-state index contributed by atoms with van der Waals surface area (Å²) in [5.41, 5.74) is 6.54. The number of aromatic nitrogens is 3. The van der Waals surface area contributed by atoms with Gasteiger partial charge in [0.25, 0.3) is 0 Å². The highest BCUT2D eigenvalue weighted by atomic mass is 14.8. The van der Waals surface area contributed by atoms with Crippen LogP contribution in [-0.4, -0.2) is 15.0 Å². The van der Waals surface area contributed by atoms with Crippen molar-refractivity contribution in [1.82, 2.24) is 15.0 Å². The summed E-state index contributed by atoms with van der Waals surface area (Å²) in [5, 5.41) is 0. The molecule has 0 N–H and O–H groups in total. The summed E-state index contributed by atoms with van der Waals surface area (Å²) in [6.45, 7) is 2.11. The van der Waals surface area contributed by atoms with Crippen LogP contribution in [0.1, 0.15) is 23.7 Å². The molecule has 0 bridgehead atoms. The summed E-state index contributed by atoms with van der Waals surface area (Å²) in [7, 11) is 0. The normalized spacial score (nSPS) is 10.3. The van der Waals surface area contributed by atoms with Gasteiger partial charge in [-0.25, -0.2) is 9.97 Å². The fourth-order valence-electron chi connectivity index (χ4n) is 2.86. The summed E-state index contributed by atoms with van der Waals surface area (Å²) < 4.78 is 0. The van der Waals surface area contributed by atoms with Gasteiger partial charge in [-0.2, -0.15) is 0 Å². The highest BCUT2D eigenvalue weighted by molar-refractivity contribution is 5.84. The molecule has 0 saturated heterocycles. The quantitative estimate of drug-likeness (QED) is 0.500. The Balaban J connectivity index is 1.89. The van der Waals surface area contributed by atoms with Gasteiger partial charge in [0.1, 0.15) is 5.52 Å². The van der Waals surface area contributed by atoms with Gasteiger partial charge in [0.15, 0.2) is 0 Å². The van der Waals surface area contributed by atoms with Gasteiger partial charge in [0, 0.05) is 23.5 Å². The van der Waals surface area contributed by atoms with E-state index in [-0.39, 0.29) is 0 Å². The number of hydrogen-bond acceptors (Lipinski definition) is 3. The molecule has 0 unspecified atom stereocenters. The van der Waals surface area contributed by atoms with Crippen LogP contribution in [0.25, 0.3) is 22.3 Å². The molecular formula is C23H17N3. The van der Waals surface area contributed by atoms with Crippen LogP contribution in [-0.2, 0) is 6.42 Å². The highest BCUT2D eigenvalue weighted by Gasteiger charge is 2.11. The molecule has 4 rings (SSSR count). The van der Waals surface area contributed by atoms with Crippen molar-refractivity contribution in [1.29, 1.82) is 0 Å². The molecule has 26 heavy (non-hydrogen) atoms. The molecule has 0 saturated carbocycles. The number of benzene rings is 2. The second-order valence-electron chi connectivity index (χ2n) is 5.90. The van der Waals surface area contributed by atoms with Crippen LogP contribution in [0.2, 0.25) is 0 Å². The van der Waals surface area contributed by atoms with Crippen molar-refractivity contribution in [2.24, 2.45) is 0 Å². The predicted octanol–water partition coefficient (Wildman–Crippen LogP) is 4.65. The third-order valence-corrected chi connectivity index (χ3v) is 4.17. The molecular weight excluding hydrogens is 318 g/mol. The third-order valence-electron chi connectivity index (χ3n) is 4.17. The van der Waals surface area contributed by atoms with Crippen LogP contribution in [0.3, 0.4) is 0 Å². The van der Waals surface area contributed by atoms with Crippen LogP contribution in [0, 0.1) is 11.8 Å². The van der Waals surface area contributed by atoms with Crippen LogP contribution in [0.15, 0.2) is 73.1 Å². The van der Waals surface area contributed by atoms with E-state index in [1.807, 2.05) is 48.5 Å². The molecule has 0 aliphatic rings. The minimum absolute atomic E-state index is 0.833. The number of aryl methyl sites for hydroxylation is 1. The van der Waals surface area contributed by atoms with Crippen molar-refractivity contribution in [3.8, 4) is 23.1 Å². The smallest absolute Gasteiger partial charge is 0.105 e. The van der Waals surface area contributed by atoms with Gasteiger partial charge in [0.2, 0.25) is 0 Å². The Morgan fingerprint density at radius 3 is 2.38 bits per heavy atom. The minimum Gasteiger partial charge on any atom is -0.265 e. The second-order valence-corrected chi connectivity index (χ2v) is 5.90. The average Bonchev–Trinajstić information content (AvgIpc) is 2.72. The largest absolute Gasteiger partial charge is 0.265 e. The van der Waals surface area contributed by atoms with Crippen LogP contribution in [0.5, 0.6) is 0 Å². The van der Waals surface area contributed by atoms with E-state index >= 15 is 0 Å². The first-order chi connectivity index (χ1) is 12.8. The van der Waals surface area contributed by atoms with E-state index in [0.29, 0.717) is 0 Å². The van der Waals surface area contributed by atoms with Crippen LogP contribution < -0.4 is 0 Å². The molecule has 0 fully saturated rings. The summed E-state index contributed by atoms with van der Waals surface area (Å²) in [5.74, 6) is 6.42. The molecule has 3 heteroatoms. The predicted molar refractivity (Wildman–Crippen MR) is 105 cm³/mol. The Morgan fingerprint density at radius 1 is 0.808 bits per heavy atom. The standard InChI is InChI=1S/C23H17N3/c1-2-20-22(18-7-4-3-5-8-18)26-23-19(9-6-10-21(23)25-20)12-11-17-13-15-24-16-14-17/h3-10,13-16H,2H2,1H3. The zero-order valence-corrected chi connectivity index (χ0v) is 14.5. The number of hydrogen-bond donors (Lipinski definition) is 0. The van der Waals surface area contributed by atoms with Gasteiger partial charge in [-0.15, -0.1) is 0 Å². The van der Waals surface area contributed by atoms with E-state index in [1.54, 1.807) is 12.4 Å². The van der Waals surface area contributed by atoms with E-state index in [2.05, 4.69) is 35.9 Å². The lowest BCUT2D eigenvalue weighted by atomic mass is 10.1. The SMILES string of the molecule is CCc1nc2cccc(C#Cc3ccncc3)c2nc1-c1ccccc1. The number of nitrogens with zero attached hydrogens (tertiary/aromatic N) is 3. The summed E-state index contributed by atoms with van der Waals surface area (Å²) in [6, 6.07) is 20.0. The maximum Gasteiger partial charge on any atom is 0.105 e. The summed E-state index contributed by atoms with van der Waals surface area (Å²) >= 11 is 0. The van der Waals surface area contributed by atoms with Gasteiger partial charge < -0.3 is 0 Å². The molecule has 0 spiro atoms. The number of fused-ring (bicyclic) bond motifs is 1. The Morgan fingerprint density at radius 2 is 1.62 bits per heavy atom. The Kier molecular flexibility index (Phi) is 4.40. The number of para-hydroxylation sites is 1. The lowest BCUT2D eigenvalue weighted by molar-refractivity contribution is 1.04. The first kappa shape index (κ1) is 16.0. The van der Waals surface area contributed by atoms with E-state index in [1.165, 1.54) is 0 Å². The van der Waals surface area contributed by atoms with Crippen molar-refractivity contribution in [2.75, 3.05) is 0 Å². The Hall–Kier alpha value is -3.51. The van der Waals surface area contributed by atoms with E-state index in [4.69, 9.17) is 9.97 Å². The van der Waals surface area contributed by atoms with Gasteiger partial charge >= 0.3 is 0 Å². The Labute approximate surface area is 152 Å². The molecule has 4 aromatic rings. The van der Waals surface area contributed by atoms with Crippen molar-refractivity contribution < 1.29 is 0 Å². The van der Waals surface area contributed by atoms with Gasteiger partial charge in [-0.1, -0.05) is 55.2 Å². The Bertz CT molecular complexity index is 1110. The van der Waals surface area contributed by atoms with Gasteiger partial charge in [-0.05, 0) is 30.7 Å². The molecule has 0 aliphatic heterocycles. The molecule has 0 amide bonds. The summed E-state index contributed by atoms with van der Waals surface area (Å²) in [4.78, 5) is 13.8. The van der Waals surface area contributed by atoms with Crippen molar-refractivity contribution in [2.45, 2.75) is 13.3 Å². The highest BCUT2D eigenvalue weighted by Crippen LogP contribution is 2.25. The zero-order chi connectivity index (χ0) is 17.8. The van der Waals surface area contributed by atoms with Gasteiger partial charge in [0.05, 0.1) is 22.5 Å². The lowest BCUT2D eigenvalue weighted by Crippen LogP contribution is -1.99. The maximum atomic E-state index is 4.95. The molecule has 3 nitrogen and oxygen atoms in total. The second kappa shape index (κ2) is 7.16. The van der Waals surface area contributed by atoms with Crippen molar-refractivity contribution in [3.05, 3.63) is 89.9 Å². The molecule has 124 valence electrons. The number of pyridine rings is 1. The van der Waals surface area contributed by atoms with Crippen LogP contribution >= 0.6 is 0 Å². The van der Waals surface area contributed by atoms with Crippen LogP contribution in [0.4, 0.5) is 0 Å². The summed E-state index contributed by atoms with van der Waals surface area (Å²) in [6.07, 6.45) is 4.32. The van der Waals surface area contributed by atoms with Crippen molar-refractivity contribution in [3.63, 3.8) is 0 Å². The maximum absolute atomic E-state index is 4.95. The third kappa shape index (κ3) is 3.18.